The summed E-state index contributed by atoms with van der Waals surface area (Å²) in [6.45, 7) is 2.72. The van der Waals surface area contributed by atoms with Gasteiger partial charge in [0.05, 0.1) is 12.5 Å². The lowest BCUT2D eigenvalue weighted by Crippen LogP contribution is -2.48. The van der Waals surface area contributed by atoms with Crippen LogP contribution in [0.15, 0.2) is 28.7 Å². The first-order valence-corrected chi connectivity index (χ1v) is 8.82. The maximum atomic E-state index is 12.7. The summed E-state index contributed by atoms with van der Waals surface area (Å²) in [7, 11) is 0. The predicted octanol–water partition coefficient (Wildman–Crippen LogP) is 2.36. The van der Waals surface area contributed by atoms with E-state index < -0.39 is 0 Å². The lowest BCUT2D eigenvalue weighted by atomic mass is 9.98. The number of hydrogen-bond acceptors (Lipinski definition) is 3. The average molecular weight is 382 g/mol. The molecule has 2 rings (SSSR count). The Balaban J connectivity index is 2.11. The number of halogens is 1. The van der Waals surface area contributed by atoms with Crippen molar-refractivity contribution < 1.29 is 9.59 Å². The predicted molar refractivity (Wildman–Crippen MR) is 93.7 cm³/mol. The molecular formula is C17H24BrN3O2. The van der Waals surface area contributed by atoms with Crippen molar-refractivity contribution in [3.8, 4) is 0 Å². The standard InChI is InChI=1S/C17H24BrN3O2/c1-12(22)20-16(13-5-7-14(18)8-6-13)10-17(23)21-9-3-2-4-15(21)11-19/h5-8,15-16H,2-4,9-11,19H2,1H3,(H,20,22). The SMILES string of the molecule is CC(=O)NC(CC(=O)N1CCCCC1CN)c1ccc(Br)cc1. The van der Waals surface area contributed by atoms with E-state index in [1.807, 2.05) is 29.2 Å². The highest BCUT2D eigenvalue weighted by atomic mass is 79.9. The Morgan fingerprint density at radius 1 is 1.35 bits per heavy atom. The summed E-state index contributed by atoms with van der Waals surface area (Å²) in [4.78, 5) is 26.1. The van der Waals surface area contributed by atoms with Crippen molar-refractivity contribution in [3.63, 3.8) is 0 Å². The van der Waals surface area contributed by atoms with Gasteiger partial charge in [-0.1, -0.05) is 28.1 Å². The van der Waals surface area contributed by atoms with Gasteiger partial charge in [0.25, 0.3) is 0 Å². The minimum atomic E-state index is -0.312. The van der Waals surface area contributed by atoms with Crippen LogP contribution >= 0.6 is 15.9 Å². The maximum absolute atomic E-state index is 12.7. The largest absolute Gasteiger partial charge is 0.349 e. The van der Waals surface area contributed by atoms with Crippen LogP contribution in [0.1, 0.15) is 44.2 Å². The van der Waals surface area contributed by atoms with Gasteiger partial charge in [-0.15, -0.1) is 0 Å². The second kappa shape index (κ2) is 8.45. The third kappa shape index (κ3) is 5.04. The number of nitrogens with two attached hydrogens (primary N) is 1. The number of nitrogens with zero attached hydrogens (tertiary/aromatic N) is 1. The zero-order chi connectivity index (χ0) is 16.8. The zero-order valence-corrected chi connectivity index (χ0v) is 15.0. The molecule has 23 heavy (non-hydrogen) atoms. The van der Waals surface area contributed by atoms with Gasteiger partial charge in [-0.25, -0.2) is 0 Å². The Labute approximate surface area is 145 Å². The molecule has 3 N–H and O–H groups in total. The molecule has 0 radical (unpaired) electrons. The van der Waals surface area contributed by atoms with E-state index >= 15 is 0 Å². The third-order valence-electron chi connectivity index (χ3n) is 4.25. The second-order valence-corrected chi connectivity index (χ2v) is 6.90. The van der Waals surface area contributed by atoms with Crippen LogP contribution in [0.2, 0.25) is 0 Å². The number of carbonyl (C=O) groups excluding carboxylic acids is 2. The van der Waals surface area contributed by atoms with Crippen LogP contribution in [0.4, 0.5) is 0 Å². The molecule has 0 saturated carbocycles. The molecule has 1 aliphatic heterocycles. The van der Waals surface area contributed by atoms with Gasteiger partial charge in [0.1, 0.15) is 0 Å². The Kier molecular flexibility index (Phi) is 6.59. The number of amides is 2. The highest BCUT2D eigenvalue weighted by Gasteiger charge is 2.28. The smallest absolute Gasteiger partial charge is 0.225 e. The van der Waals surface area contributed by atoms with E-state index in [9.17, 15) is 9.59 Å². The first kappa shape index (κ1) is 17.9. The molecule has 0 spiro atoms. The summed E-state index contributed by atoms with van der Waals surface area (Å²) in [5.41, 5.74) is 6.73. The van der Waals surface area contributed by atoms with E-state index in [1.165, 1.54) is 6.92 Å². The normalized spacial score (nSPS) is 19.3. The van der Waals surface area contributed by atoms with Crippen LogP contribution in [0.5, 0.6) is 0 Å². The van der Waals surface area contributed by atoms with Crippen LogP contribution < -0.4 is 11.1 Å². The minimum Gasteiger partial charge on any atom is -0.349 e. The molecular weight excluding hydrogens is 358 g/mol. The van der Waals surface area contributed by atoms with Gasteiger partial charge in [0.2, 0.25) is 11.8 Å². The average Bonchev–Trinajstić information content (AvgIpc) is 2.54. The zero-order valence-electron chi connectivity index (χ0n) is 13.4. The minimum absolute atomic E-state index is 0.0572. The van der Waals surface area contributed by atoms with Crippen LogP contribution in [0.25, 0.3) is 0 Å². The van der Waals surface area contributed by atoms with Crippen molar-refractivity contribution in [1.29, 1.82) is 0 Å². The van der Waals surface area contributed by atoms with Crippen LogP contribution in [0, 0.1) is 0 Å². The van der Waals surface area contributed by atoms with E-state index in [1.54, 1.807) is 0 Å². The quantitative estimate of drug-likeness (QED) is 0.821. The van der Waals surface area contributed by atoms with Gasteiger partial charge in [-0.2, -0.15) is 0 Å². The first-order chi connectivity index (χ1) is 11.0. The molecule has 2 amide bonds. The van der Waals surface area contributed by atoms with Crippen molar-refractivity contribution in [1.82, 2.24) is 10.2 Å². The fourth-order valence-electron chi connectivity index (χ4n) is 3.06. The molecule has 1 fully saturated rings. The molecule has 6 heteroatoms. The molecule has 2 unspecified atom stereocenters. The molecule has 1 aromatic carbocycles. The number of likely N-dealkylation sites (tertiary alicyclic amines) is 1. The Morgan fingerprint density at radius 2 is 2.04 bits per heavy atom. The summed E-state index contributed by atoms with van der Waals surface area (Å²) in [5.74, 6) is -0.0819. The molecule has 0 aliphatic carbocycles. The van der Waals surface area contributed by atoms with E-state index in [-0.39, 0.29) is 30.3 Å². The molecule has 0 bridgehead atoms. The fraction of sp³-hybridized carbons (Fsp3) is 0.529. The van der Waals surface area contributed by atoms with Crippen LogP contribution in [-0.2, 0) is 9.59 Å². The van der Waals surface area contributed by atoms with Gasteiger partial charge in [0, 0.05) is 30.5 Å². The highest BCUT2D eigenvalue weighted by molar-refractivity contribution is 9.10. The Morgan fingerprint density at radius 3 is 2.65 bits per heavy atom. The molecule has 126 valence electrons. The van der Waals surface area contributed by atoms with Crippen molar-refractivity contribution in [2.75, 3.05) is 13.1 Å². The molecule has 1 heterocycles. The molecule has 1 aromatic rings. The highest BCUT2D eigenvalue weighted by Crippen LogP contribution is 2.23. The Bertz CT molecular complexity index is 547. The van der Waals surface area contributed by atoms with Crippen molar-refractivity contribution in [3.05, 3.63) is 34.3 Å². The van der Waals surface area contributed by atoms with Crippen molar-refractivity contribution >= 4 is 27.7 Å². The van der Waals surface area contributed by atoms with Crippen LogP contribution in [0.3, 0.4) is 0 Å². The van der Waals surface area contributed by atoms with Crippen LogP contribution in [-0.4, -0.2) is 35.8 Å². The lowest BCUT2D eigenvalue weighted by molar-refractivity contribution is -0.135. The van der Waals surface area contributed by atoms with Gasteiger partial charge in [-0.05, 0) is 37.0 Å². The molecule has 0 aromatic heterocycles. The number of nitrogens with one attached hydrogen (secondary N) is 1. The number of hydrogen-bond donors (Lipinski definition) is 2. The summed E-state index contributed by atoms with van der Waals surface area (Å²) in [6.07, 6.45) is 3.36. The topological polar surface area (TPSA) is 75.4 Å². The number of carbonyl (C=O) groups is 2. The molecule has 5 nitrogen and oxygen atoms in total. The monoisotopic (exact) mass is 381 g/mol. The molecule has 1 aliphatic rings. The van der Waals surface area contributed by atoms with E-state index in [4.69, 9.17) is 5.73 Å². The third-order valence-corrected chi connectivity index (χ3v) is 4.78. The van der Waals surface area contributed by atoms with E-state index in [2.05, 4.69) is 21.2 Å². The second-order valence-electron chi connectivity index (χ2n) is 5.98. The van der Waals surface area contributed by atoms with Gasteiger partial charge in [-0.3, -0.25) is 9.59 Å². The van der Waals surface area contributed by atoms with Gasteiger partial charge >= 0.3 is 0 Å². The number of rotatable bonds is 5. The molecule has 1 saturated heterocycles. The lowest BCUT2D eigenvalue weighted by Gasteiger charge is -2.36. The van der Waals surface area contributed by atoms with E-state index in [0.29, 0.717) is 6.54 Å². The number of piperidine rings is 1. The maximum Gasteiger partial charge on any atom is 0.225 e. The molecule has 2 atom stereocenters. The van der Waals surface area contributed by atoms with Gasteiger partial charge in [0.15, 0.2) is 0 Å². The fourth-order valence-corrected chi connectivity index (χ4v) is 3.32. The summed E-state index contributed by atoms with van der Waals surface area (Å²) >= 11 is 3.40. The van der Waals surface area contributed by atoms with Crippen molar-refractivity contribution in [2.24, 2.45) is 5.73 Å². The first-order valence-electron chi connectivity index (χ1n) is 8.03. The summed E-state index contributed by atoms with van der Waals surface area (Å²) in [5, 5.41) is 2.89. The van der Waals surface area contributed by atoms with E-state index in [0.717, 1.165) is 35.8 Å². The van der Waals surface area contributed by atoms with Gasteiger partial charge < -0.3 is 16.0 Å². The Hall–Kier alpha value is -1.40. The summed E-state index contributed by atoms with van der Waals surface area (Å²) < 4.78 is 0.966. The number of benzene rings is 1. The summed E-state index contributed by atoms with van der Waals surface area (Å²) in [6, 6.07) is 7.49. The van der Waals surface area contributed by atoms with Crippen molar-refractivity contribution in [2.45, 2.75) is 44.7 Å².